The molecule has 400 valence electrons. The molecule has 0 radical (unpaired) electrons. The molecule has 0 bridgehead atoms. The van der Waals surface area contributed by atoms with Gasteiger partial charge in [-0.3, -0.25) is 4.90 Å². The molecule has 1 aromatic carbocycles. The molecule has 5 nitrogen and oxygen atoms in total. The molecule has 3 N–H and O–H groups in total. The molecular formula is C63H124N5+. The van der Waals surface area contributed by atoms with Crippen LogP contribution in [0.4, 0.5) is 0 Å². The van der Waals surface area contributed by atoms with Crippen molar-refractivity contribution in [3.05, 3.63) is 35.4 Å². The second kappa shape index (κ2) is 49.6. The van der Waals surface area contributed by atoms with Crippen LogP contribution in [0.5, 0.6) is 0 Å². The van der Waals surface area contributed by atoms with Crippen LogP contribution in [0.1, 0.15) is 288 Å². The molecule has 0 aromatic heterocycles. The fourth-order valence-electron chi connectivity index (χ4n) is 11.0. The van der Waals surface area contributed by atoms with Crippen molar-refractivity contribution in [1.82, 2.24) is 20.9 Å². The van der Waals surface area contributed by atoms with E-state index >= 15 is 0 Å². The van der Waals surface area contributed by atoms with Crippen LogP contribution < -0.4 is 16.0 Å². The molecule has 0 amide bonds. The number of hydrogen-bond donors (Lipinski definition) is 3. The number of aryl methyl sites for hydroxylation is 1. The molecule has 0 saturated carbocycles. The van der Waals surface area contributed by atoms with Crippen molar-refractivity contribution in [2.45, 2.75) is 290 Å². The predicted octanol–water partition coefficient (Wildman–Crippen LogP) is 17.3. The highest BCUT2D eigenvalue weighted by atomic mass is 15.3. The van der Waals surface area contributed by atoms with Crippen molar-refractivity contribution >= 4 is 0 Å². The van der Waals surface area contributed by atoms with Crippen LogP contribution in [0.15, 0.2) is 24.3 Å². The lowest BCUT2D eigenvalue weighted by Gasteiger charge is -2.35. The van der Waals surface area contributed by atoms with Crippen LogP contribution in [-0.2, 0) is 13.0 Å². The van der Waals surface area contributed by atoms with Gasteiger partial charge in [-0.15, -0.1) is 0 Å². The smallest absolute Gasteiger partial charge is 0.0784 e. The minimum Gasteiger partial charge on any atom is -0.326 e. The van der Waals surface area contributed by atoms with Gasteiger partial charge in [0.1, 0.15) is 0 Å². The summed E-state index contributed by atoms with van der Waals surface area (Å²) in [6, 6.07) is 9.65. The van der Waals surface area contributed by atoms with Crippen molar-refractivity contribution < 1.29 is 4.48 Å². The molecule has 5 heteroatoms. The summed E-state index contributed by atoms with van der Waals surface area (Å²) in [4.78, 5) is 2.65. The Bertz CT molecular complexity index is 1070. The van der Waals surface area contributed by atoms with Crippen LogP contribution >= 0.6 is 0 Å². The number of quaternary nitrogens is 1. The Kier molecular flexibility index (Phi) is 46.0. The Morgan fingerprint density at radius 3 is 1.03 bits per heavy atom. The molecular weight excluding hydrogens is 827 g/mol. The van der Waals surface area contributed by atoms with Crippen molar-refractivity contribution in [3.63, 3.8) is 0 Å². The maximum Gasteiger partial charge on any atom is 0.0784 e. The van der Waals surface area contributed by atoms with E-state index in [-0.39, 0.29) is 0 Å². The Hall–Kier alpha value is -0.980. The fourth-order valence-corrected chi connectivity index (χ4v) is 11.0. The number of rotatable bonds is 46. The van der Waals surface area contributed by atoms with Gasteiger partial charge in [0.15, 0.2) is 0 Å². The van der Waals surface area contributed by atoms with Crippen LogP contribution in [0.2, 0.25) is 0 Å². The maximum atomic E-state index is 3.67. The van der Waals surface area contributed by atoms with Gasteiger partial charge in [0.25, 0.3) is 0 Å². The highest BCUT2D eigenvalue weighted by Crippen LogP contribution is 2.20. The van der Waals surface area contributed by atoms with E-state index in [9.17, 15) is 0 Å². The lowest BCUT2D eigenvalue weighted by Crippen LogP contribution is -2.46. The van der Waals surface area contributed by atoms with Gasteiger partial charge in [-0.25, -0.2) is 0 Å². The molecule has 1 aliphatic rings. The minimum atomic E-state index is 1.07. The van der Waals surface area contributed by atoms with Gasteiger partial charge in [-0.2, -0.15) is 0 Å². The number of nitrogens with one attached hydrogen (secondary N) is 3. The van der Waals surface area contributed by atoms with E-state index in [0.29, 0.717) is 0 Å². The molecule has 68 heavy (non-hydrogen) atoms. The number of unbranched alkanes of at least 4 members (excludes halogenated alkanes) is 36. The molecule has 0 atom stereocenters. The molecule has 1 aliphatic heterocycles. The van der Waals surface area contributed by atoms with E-state index in [2.05, 4.69) is 66.0 Å². The van der Waals surface area contributed by atoms with Gasteiger partial charge in [-0.05, 0) is 102 Å². The molecule has 0 aliphatic carbocycles. The zero-order valence-corrected chi connectivity index (χ0v) is 46.9. The first-order chi connectivity index (χ1) is 33.6. The second-order valence-electron chi connectivity index (χ2n) is 22.7. The molecule has 1 heterocycles. The first kappa shape index (κ1) is 63.1. The summed E-state index contributed by atoms with van der Waals surface area (Å²) in [5.41, 5.74) is 3.00. The summed E-state index contributed by atoms with van der Waals surface area (Å²) in [5.74, 6) is 0. The Labute approximate surface area is 428 Å². The fraction of sp³-hybridized carbons (Fsp3) is 0.905. The van der Waals surface area contributed by atoms with E-state index in [1.165, 1.54) is 311 Å². The van der Waals surface area contributed by atoms with Crippen molar-refractivity contribution in [2.24, 2.45) is 0 Å². The van der Waals surface area contributed by atoms with E-state index in [1.54, 1.807) is 0 Å². The average molecular weight is 952 g/mol. The minimum absolute atomic E-state index is 1.07. The molecule has 2 rings (SSSR count). The monoisotopic (exact) mass is 951 g/mol. The molecule has 1 aromatic rings. The SMILES string of the molecule is CCCCCCCCCCCCCCCCCC[N+](C)(CCCCCCCCCCCCCCCCCC)CCCCCCCCCc1ccc(CN2CCCNCCNCCCNCC2)cc1. The van der Waals surface area contributed by atoms with Gasteiger partial charge in [-0.1, -0.05) is 244 Å². The summed E-state index contributed by atoms with van der Waals surface area (Å²) in [6.45, 7) is 18.8. The Morgan fingerprint density at radius 1 is 0.338 bits per heavy atom. The van der Waals surface area contributed by atoms with Gasteiger partial charge >= 0.3 is 0 Å². The van der Waals surface area contributed by atoms with Crippen LogP contribution in [-0.4, -0.2) is 88.4 Å². The van der Waals surface area contributed by atoms with Gasteiger partial charge in [0, 0.05) is 32.7 Å². The zero-order chi connectivity index (χ0) is 48.4. The Balaban J connectivity index is 1.59. The second-order valence-corrected chi connectivity index (χ2v) is 22.7. The van der Waals surface area contributed by atoms with Crippen LogP contribution in [0.3, 0.4) is 0 Å². The van der Waals surface area contributed by atoms with Crippen molar-refractivity contribution in [1.29, 1.82) is 0 Å². The standard InChI is InChI=1S/C63H124N5/c1-4-6-8-10-12-14-16-18-20-22-24-26-28-32-36-40-58-68(3,59-41-37-33-29-27-25-23-21-19-17-15-13-11-9-7-5-2)60-42-38-34-30-31-35-39-45-62-46-48-63(49-47-62)61-67-56-44-52-65-54-53-64-50-43-51-66-55-57-67/h46-49,64-66H,4-45,50-61H2,1-3H3/q+1. The van der Waals surface area contributed by atoms with Gasteiger partial charge < -0.3 is 20.4 Å². The molecule has 0 unspecified atom stereocenters. The lowest BCUT2D eigenvalue weighted by atomic mass is 10.0. The summed E-state index contributed by atoms with van der Waals surface area (Å²) >= 11 is 0. The summed E-state index contributed by atoms with van der Waals surface area (Å²) in [6.07, 6.45) is 60.4. The quantitative estimate of drug-likeness (QED) is 0.0450. The summed E-state index contributed by atoms with van der Waals surface area (Å²) in [5, 5.41) is 10.8. The van der Waals surface area contributed by atoms with Gasteiger partial charge in [0.2, 0.25) is 0 Å². The average Bonchev–Trinajstić information content (AvgIpc) is 3.35. The third-order valence-corrected chi connectivity index (χ3v) is 15.8. The summed E-state index contributed by atoms with van der Waals surface area (Å²) < 4.78 is 1.35. The van der Waals surface area contributed by atoms with Crippen molar-refractivity contribution in [2.75, 3.05) is 79.0 Å². The third kappa shape index (κ3) is 41.6. The molecule has 0 spiro atoms. The zero-order valence-electron chi connectivity index (χ0n) is 46.9. The van der Waals surface area contributed by atoms with E-state index in [0.717, 1.165) is 52.4 Å². The first-order valence-electron chi connectivity index (χ1n) is 31.4. The predicted molar refractivity (Wildman–Crippen MR) is 305 cm³/mol. The Morgan fingerprint density at radius 2 is 0.647 bits per heavy atom. The number of nitrogens with zero attached hydrogens (tertiary/aromatic N) is 2. The summed E-state index contributed by atoms with van der Waals surface area (Å²) in [7, 11) is 2.64. The normalized spacial score (nSPS) is 15.0. The highest BCUT2D eigenvalue weighted by Gasteiger charge is 2.20. The van der Waals surface area contributed by atoms with Crippen LogP contribution in [0.25, 0.3) is 0 Å². The molecule has 1 saturated heterocycles. The number of benzene rings is 1. The lowest BCUT2D eigenvalue weighted by molar-refractivity contribution is -0.910. The van der Waals surface area contributed by atoms with E-state index < -0.39 is 0 Å². The van der Waals surface area contributed by atoms with E-state index in [4.69, 9.17) is 0 Å². The van der Waals surface area contributed by atoms with Crippen LogP contribution in [0, 0.1) is 0 Å². The van der Waals surface area contributed by atoms with Gasteiger partial charge in [0.05, 0.1) is 26.7 Å². The third-order valence-electron chi connectivity index (χ3n) is 15.8. The highest BCUT2D eigenvalue weighted by molar-refractivity contribution is 5.22. The van der Waals surface area contributed by atoms with E-state index in [1.807, 2.05) is 0 Å². The maximum absolute atomic E-state index is 3.67. The first-order valence-corrected chi connectivity index (χ1v) is 31.4. The molecule has 1 fully saturated rings. The number of hydrogen-bond acceptors (Lipinski definition) is 4. The van der Waals surface area contributed by atoms with Crippen molar-refractivity contribution in [3.8, 4) is 0 Å². The largest absolute Gasteiger partial charge is 0.326 e. The topological polar surface area (TPSA) is 39.3 Å².